The van der Waals surface area contributed by atoms with Gasteiger partial charge in [-0.3, -0.25) is 4.98 Å². The van der Waals surface area contributed by atoms with Gasteiger partial charge in [0.15, 0.2) is 8.07 Å². The van der Waals surface area contributed by atoms with Crippen molar-refractivity contribution < 1.29 is 0 Å². The van der Waals surface area contributed by atoms with E-state index in [4.69, 9.17) is 4.98 Å². The molecular weight excluding hydrogens is 527 g/mol. The standard InChI is InChI=1S/C38H39NSi2/c1-40(2,3)38-27-39-35(26-30(38)24-28-14-10-11-15-28)29-22-23-37-34(25-29)33-20-12-13-21-36(33)41(37,31-16-6-4-7-17-31)32-18-8-5-9-19-32/h4-9,12-13,16-23,25-28H,10-11,14-15,24H2,1-3H3. The lowest BCUT2D eigenvalue weighted by Gasteiger charge is -2.31. The third kappa shape index (κ3) is 4.47. The number of hydrogen-bond donors (Lipinski definition) is 0. The van der Waals surface area contributed by atoms with Crippen molar-refractivity contribution in [3.63, 3.8) is 0 Å². The highest BCUT2D eigenvalue weighted by Gasteiger charge is 2.48. The molecule has 0 atom stereocenters. The third-order valence-corrected chi connectivity index (χ3v) is 16.5. The topological polar surface area (TPSA) is 12.9 Å². The number of hydrogen-bond acceptors (Lipinski definition) is 1. The zero-order chi connectivity index (χ0) is 28.0. The van der Waals surface area contributed by atoms with Crippen molar-refractivity contribution in [1.29, 1.82) is 0 Å². The van der Waals surface area contributed by atoms with Gasteiger partial charge in [0.1, 0.15) is 0 Å². The molecule has 2 heterocycles. The zero-order valence-electron chi connectivity index (χ0n) is 24.5. The maximum atomic E-state index is 5.13. The zero-order valence-corrected chi connectivity index (χ0v) is 26.5. The van der Waals surface area contributed by atoms with Crippen molar-refractivity contribution in [2.45, 2.75) is 51.7 Å². The van der Waals surface area contributed by atoms with Gasteiger partial charge in [0.25, 0.3) is 0 Å². The van der Waals surface area contributed by atoms with E-state index >= 15 is 0 Å². The summed E-state index contributed by atoms with van der Waals surface area (Å²) in [5, 5.41) is 7.42. The number of nitrogens with zero attached hydrogens (tertiary/aromatic N) is 1. The molecular formula is C38H39NSi2. The molecule has 2 aliphatic rings. The van der Waals surface area contributed by atoms with Crippen LogP contribution in [0.4, 0.5) is 0 Å². The van der Waals surface area contributed by atoms with Crippen LogP contribution in [0.2, 0.25) is 19.6 Å². The summed E-state index contributed by atoms with van der Waals surface area (Å²) >= 11 is 0. The summed E-state index contributed by atoms with van der Waals surface area (Å²) in [5.74, 6) is 0.829. The van der Waals surface area contributed by atoms with Gasteiger partial charge in [0.05, 0.1) is 13.8 Å². The van der Waals surface area contributed by atoms with Crippen molar-refractivity contribution in [2.24, 2.45) is 5.92 Å². The largest absolute Gasteiger partial charge is 0.256 e. The molecule has 0 saturated heterocycles. The molecule has 0 bridgehead atoms. The van der Waals surface area contributed by atoms with E-state index in [1.165, 1.54) is 69.5 Å². The van der Waals surface area contributed by atoms with Crippen molar-refractivity contribution >= 4 is 42.1 Å². The van der Waals surface area contributed by atoms with Crippen LogP contribution in [0.5, 0.6) is 0 Å². The van der Waals surface area contributed by atoms with Gasteiger partial charge in [0.2, 0.25) is 0 Å². The van der Waals surface area contributed by atoms with Gasteiger partial charge in [0, 0.05) is 11.8 Å². The van der Waals surface area contributed by atoms with Gasteiger partial charge >= 0.3 is 0 Å². The Labute approximate surface area is 247 Å². The molecule has 0 radical (unpaired) electrons. The summed E-state index contributed by atoms with van der Waals surface area (Å²) in [7, 11) is -3.92. The van der Waals surface area contributed by atoms with E-state index < -0.39 is 16.1 Å². The first-order valence-electron chi connectivity index (χ1n) is 15.3. The van der Waals surface area contributed by atoms with Crippen molar-refractivity contribution in [1.82, 2.24) is 4.98 Å². The van der Waals surface area contributed by atoms with Crippen LogP contribution in [0, 0.1) is 5.92 Å². The number of fused-ring (bicyclic) bond motifs is 3. The van der Waals surface area contributed by atoms with E-state index in [1.807, 2.05) is 0 Å². The van der Waals surface area contributed by atoms with E-state index in [1.54, 1.807) is 10.8 Å². The van der Waals surface area contributed by atoms with Gasteiger partial charge in [-0.15, -0.1) is 0 Å². The highest BCUT2D eigenvalue weighted by Crippen LogP contribution is 2.33. The van der Waals surface area contributed by atoms with E-state index in [0.29, 0.717) is 0 Å². The third-order valence-electron chi connectivity index (χ3n) is 9.54. The number of rotatable bonds is 6. The van der Waals surface area contributed by atoms with Gasteiger partial charge in [-0.05, 0) is 67.1 Å². The number of aromatic nitrogens is 1. The molecule has 0 N–H and O–H groups in total. The van der Waals surface area contributed by atoms with Crippen LogP contribution >= 0.6 is 0 Å². The second-order valence-electron chi connectivity index (χ2n) is 13.1. The van der Waals surface area contributed by atoms with Gasteiger partial charge in [-0.1, -0.05) is 142 Å². The van der Waals surface area contributed by atoms with Crippen LogP contribution in [-0.4, -0.2) is 21.1 Å². The number of pyridine rings is 1. The Morgan fingerprint density at radius 3 is 1.95 bits per heavy atom. The molecule has 7 rings (SSSR count). The summed E-state index contributed by atoms with van der Waals surface area (Å²) in [6, 6.07) is 41.4. The van der Waals surface area contributed by atoms with Crippen LogP contribution in [0.3, 0.4) is 0 Å². The second-order valence-corrected chi connectivity index (χ2v) is 21.9. The Balaban J connectivity index is 1.42. The minimum absolute atomic E-state index is 0.829. The Morgan fingerprint density at radius 1 is 0.683 bits per heavy atom. The summed E-state index contributed by atoms with van der Waals surface area (Å²) in [6.07, 6.45) is 8.99. The molecule has 0 amide bonds. The lowest BCUT2D eigenvalue weighted by atomic mass is 9.96. The molecule has 1 saturated carbocycles. The SMILES string of the molecule is C[Si](C)(C)c1cnc(-c2ccc3c(c2)-c2ccccc2[Si]3(c2ccccc2)c2ccccc2)cc1CC1CCCC1. The average molecular weight is 566 g/mol. The summed E-state index contributed by atoms with van der Waals surface area (Å²) in [4.78, 5) is 5.13. The van der Waals surface area contributed by atoms with Gasteiger partial charge in [-0.2, -0.15) is 0 Å². The van der Waals surface area contributed by atoms with E-state index in [9.17, 15) is 0 Å². The Kier molecular flexibility index (Phi) is 6.68. The first-order chi connectivity index (χ1) is 20.0. The molecule has 0 spiro atoms. The first kappa shape index (κ1) is 26.4. The molecule has 1 aliphatic heterocycles. The predicted octanol–water partition coefficient (Wildman–Crippen LogP) is 6.38. The molecule has 1 aliphatic carbocycles. The summed E-state index contributed by atoms with van der Waals surface area (Å²) in [5.41, 5.74) is 6.68. The van der Waals surface area contributed by atoms with Crippen LogP contribution in [-0.2, 0) is 6.42 Å². The molecule has 1 fully saturated rings. The lowest BCUT2D eigenvalue weighted by Crippen LogP contribution is -2.72. The highest BCUT2D eigenvalue weighted by atomic mass is 28.3. The summed E-state index contributed by atoms with van der Waals surface area (Å²) < 4.78 is 0. The quantitative estimate of drug-likeness (QED) is 0.214. The fraction of sp³-hybridized carbons (Fsp3) is 0.237. The fourth-order valence-electron chi connectivity index (χ4n) is 7.63. The van der Waals surface area contributed by atoms with Crippen molar-refractivity contribution in [3.05, 3.63) is 121 Å². The molecule has 41 heavy (non-hydrogen) atoms. The maximum absolute atomic E-state index is 5.13. The monoisotopic (exact) mass is 565 g/mol. The van der Waals surface area contributed by atoms with Crippen LogP contribution in [0.25, 0.3) is 22.4 Å². The Bertz CT molecular complexity index is 1660. The molecule has 3 heteroatoms. The molecule has 5 aromatic rings. The molecule has 0 unspecified atom stereocenters. The molecule has 1 aromatic heterocycles. The Morgan fingerprint density at radius 2 is 1.29 bits per heavy atom. The molecule has 4 aromatic carbocycles. The minimum Gasteiger partial charge on any atom is -0.256 e. The average Bonchev–Trinajstić information content (AvgIpc) is 3.62. The summed E-state index contributed by atoms with van der Waals surface area (Å²) in [6.45, 7) is 7.39. The fourth-order valence-corrected chi connectivity index (χ4v) is 14.4. The van der Waals surface area contributed by atoms with Crippen LogP contribution < -0.4 is 25.9 Å². The normalized spacial score (nSPS) is 16.0. The molecule has 1 nitrogen and oxygen atoms in total. The molecule has 204 valence electrons. The van der Waals surface area contributed by atoms with E-state index in [-0.39, 0.29) is 0 Å². The predicted molar refractivity (Wildman–Crippen MR) is 181 cm³/mol. The van der Waals surface area contributed by atoms with Crippen LogP contribution in [0.15, 0.2) is 115 Å². The van der Waals surface area contributed by atoms with E-state index in [0.717, 1.165) is 11.6 Å². The van der Waals surface area contributed by atoms with Crippen LogP contribution in [0.1, 0.15) is 31.2 Å². The Hall–Kier alpha value is -3.54. The smallest absolute Gasteiger partial charge is 0.180 e. The minimum atomic E-state index is -2.43. The van der Waals surface area contributed by atoms with Gasteiger partial charge in [-0.25, -0.2) is 0 Å². The first-order valence-corrected chi connectivity index (χ1v) is 20.8. The maximum Gasteiger partial charge on any atom is 0.180 e. The highest BCUT2D eigenvalue weighted by molar-refractivity contribution is 7.22. The van der Waals surface area contributed by atoms with E-state index in [2.05, 4.69) is 135 Å². The lowest BCUT2D eigenvalue weighted by molar-refractivity contribution is 0.547. The van der Waals surface area contributed by atoms with Gasteiger partial charge < -0.3 is 0 Å². The second kappa shape index (κ2) is 10.4. The number of benzene rings is 4. The van der Waals surface area contributed by atoms with Crippen molar-refractivity contribution in [2.75, 3.05) is 0 Å². The van der Waals surface area contributed by atoms with Crippen molar-refractivity contribution in [3.8, 4) is 22.4 Å².